The molecule has 0 aliphatic carbocycles. The van der Waals surface area contributed by atoms with Crippen LogP contribution < -0.4 is 79.8 Å². The lowest BCUT2D eigenvalue weighted by molar-refractivity contribution is -0.157. The third kappa shape index (κ3) is 37.2. The van der Waals surface area contributed by atoms with Gasteiger partial charge in [0.25, 0.3) is 0 Å². The van der Waals surface area contributed by atoms with Crippen LogP contribution in [0.1, 0.15) is 187 Å². The molecule has 1 aromatic heterocycles. The van der Waals surface area contributed by atoms with Crippen molar-refractivity contribution in [3.05, 3.63) is 144 Å². The van der Waals surface area contributed by atoms with Gasteiger partial charge >= 0.3 is 35.9 Å². The van der Waals surface area contributed by atoms with Gasteiger partial charge in [-0.25, -0.2) is 9.59 Å². The third-order valence-electron chi connectivity index (χ3n) is 22.6. The summed E-state index contributed by atoms with van der Waals surface area (Å²) >= 11 is 0. The zero-order valence-corrected chi connectivity index (χ0v) is 80.6. The van der Waals surface area contributed by atoms with E-state index in [0.717, 1.165) is 81.5 Å². The van der Waals surface area contributed by atoms with Gasteiger partial charge in [-0.05, 0) is 94.5 Å². The predicted molar refractivity (Wildman–Crippen MR) is 501 cm³/mol. The van der Waals surface area contributed by atoms with E-state index in [1.165, 1.54) is 6.92 Å². The summed E-state index contributed by atoms with van der Waals surface area (Å²) in [6.45, 7) is 8.97. The van der Waals surface area contributed by atoms with Gasteiger partial charge in [-0.15, -0.1) is 0 Å². The van der Waals surface area contributed by atoms with E-state index in [9.17, 15) is 67.1 Å². The first-order valence-corrected chi connectivity index (χ1v) is 46.0. The van der Waals surface area contributed by atoms with E-state index in [0.29, 0.717) is 46.0 Å². The Morgan fingerprint density at radius 2 is 0.964 bits per heavy atom. The van der Waals surface area contributed by atoms with Crippen molar-refractivity contribution in [3.63, 3.8) is 0 Å². The number of alkyl carbamates (subject to hydrolysis) is 1. The van der Waals surface area contributed by atoms with Gasteiger partial charge in [-0.3, -0.25) is 86.3 Å². The van der Waals surface area contributed by atoms with Gasteiger partial charge in [0.1, 0.15) is 83.7 Å². The molecular formula is C96H132N16O27. The van der Waals surface area contributed by atoms with E-state index in [1.54, 1.807) is 149 Å². The molecule has 0 spiro atoms. The zero-order chi connectivity index (χ0) is 102. The summed E-state index contributed by atoms with van der Waals surface area (Å²) in [7, 11) is 4.98. The number of methoxy groups -OCH3 is 5. The molecule has 0 saturated carbocycles. The molecule has 43 heteroatoms. The Hall–Kier alpha value is -14.4. The lowest BCUT2D eigenvalue weighted by Crippen LogP contribution is -2.62. The average molecular weight is 1940 g/mol. The minimum atomic E-state index is -2.32. The lowest BCUT2D eigenvalue weighted by Gasteiger charge is -2.37. The minimum absolute atomic E-state index is 0.00860. The average Bonchev–Trinajstić information content (AvgIpc) is 0.850. The SMILES string of the molecule is CCCCCCCCCC(=O)NC(Cc1c[nH]c2ccccc12)C(=O)NC(CC(=O)NC(c1ccccc1)(c1ccccc1)c1ccccc1)C(=O)NC(CC(=O)OC)C(=O)NC1C(=O)NCC(=O)NC(CCCNC(=O)OC(C)(C)C)C(=O)NC(CC(=O)OC)C(=O)NC(C)C(=O)NC(CC(=O)OC)C(=O)NCC(=O)NC(COC)C(=O)NC(CCC(=O)OC)C(=O)NC(C(C)CC)C(=O)OC1C. The van der Waals surface area contributed by atoms with Crippen molar-refractivity contribution >= 4 is 130 Å². The van der Waals surface area contributed by atoms with Gasteiger partial charge in [0, 0.05) is 50.0 Å². The standard InChI is InChI=1S/C96H132N16O27/c1-14-16-17-18-19-20-30-43-73(113)103-67(47-59-52-98-64-41-32-31-40-63(59)64)88(126)107-68(48-74(114)112-96(60-34-24-21-25-35-60,61-36-26-22-27-37-61)62-38-28-23-29-39-62)89(127)109-71(51-80(120)137-13)90(128)111-82-58(5)138-93(131)81(56(3)15-2)110-86(124)66(44-45-77(117)134-10)105-91(129)72(55-133-9)104-76(116)53-99-84(122)69(49-78(118)135-11)106-83(121)57(4)101-87(125)70(50-79(119)136-12)108-85(123)65(102-75(115)54-100-92(82)130)42-33-46-97-94(132)139-95(6,7)8/h21-29,31-32,34-41,52,56-58,65-72,81-82,98H,14-20,30,33,42-51,53-55H2,1-13H3,(H,97,132)(H,99,122)(H,100,130)(H,101,125)(H,102,115)(H,103,113)(H,104,116)(H,105,129)(H,106,121)(H,107,126)(H,108,123)(H,109,127)(H,110,124)(H,111,128)(H,112,114). The molecule has 1 aliphatic heterocycles. The van der Waals surface area contributed by atoms with Crippen LogP contribution in [0, 0.1) is 5.92 Å². The fraction of sp³-hybridized carbons (Fsp3) is 0.521. The molecule has 16 N–H and O–H groups in total. The second-order valence-corrected chi connectivity index (χ2v) is 34.3. The molecule has 15 amide bonds. The number of rotatable bonds is 40. The van der Waals surface area contributed by atoms with Gasteiger partial charge in [0.2, 0.25) is 82.7 Å². The third-order valence-corrected chi connectivity index (χ3v) is 22.6. The second-order valence-electron chi connectivity index (χ2n) is 34.3. The summed E-state index contributed by atoms with van der Waals surface area (Å²) in [4.78, 5) is 290. The van der Waals surface area contributed by atoms with Crippen molar-refractivity contribution in [1.82, 2.24) is 84.7 Å². The van der Waals surface area contributed by atoms with Gasteiger partial charge < -0.3 is 118 Å². The Kier molecular flexibility index (Phi) is 46.9. The number of H-pyrrole nitrogens is 1. The molecule has 139 heavy (non-hydrogen) atoms. The van der Waals surface area contributed by atoms with Crippen LogP contribution in [0.4, 0.5) is 4.79 Å². The number of fused-ring (bicyclic) bond motifs is 1. The highest BCUT2D eigenvalue weighted by molar-refractivity contribution is 6.02. The number of benzene rings is 4. The Morgan fingerprint density at radius 3 is 1.53 bits per heavy atom. The number of cyclic esters (lactones) is 1. The first-order chi connectivity index (χ1) is 66.2. The number of hydrogen-bond acceptors (Lipinski definition) is 27. The van der Waals surface area contributed by atoms with E-state index in [4.69, 9.17) is 33.2 Å². The number of carbonyl (C=O) groups excluding carboxylic acids is 20. The number of aromatic amines is 1. The Balaban J connectivity index is 1.51. The highest BCUT2D eigenvalue weighted by Gasteiger charge is 2.44. The number of aromatic nitrogens is 1. The maximum atomic E-state index is 15.9. The Bertz CT molecular complexity index is 4940. The number of nitrogens with one attached hydrogen (secondary N) is 16. The highest BCUT2D eigenvalue weighted by Crippen LogP contribution is 2.37. The molecule has 1 saturated heterocycles. The normalized spacial score (nSPS) is 19.6. The van der Waals surface area contributed by atoms with Crippen LogP contribution >= 0.6 is 0 Å². The van der Waals surface area contributed by atoms with Crippen LogP contribution in [0.5, 0.6) is 0 Å². The topological polar surface area (TPSA) is 602 Å². The summed E-state index contributed by atoms with van der Waals surface area (Å²) < 4.78 is 36.0. The fourth-order valence-electron chi connectivity index (χ4n) is 14.8. The van der Waals surface area contributed by atoms with Crippen molar-refractivity contribution in [3.8, 4) is 0 Å². The molecule has 4 aromatic carbocycles. The van der Waals surface area contributed by atoms with Crippen LogP contribution in [-0.4, -0.2) is 264 Å². The first-order valence-electron chi connectivity index (χ1n) is 46.0. The second kappa shape index (κ2) is 57.6. The van der Waals surface area contributed by atoms with Crippen molar-refractivity contribution in [2.75, 3.05) is 61.8 Å². The highest BCUT2D eigenvalue weighted by atomic mass is 16.6. The van der Waals surface area contributed by atoms with E-state index in [1.807, 2.05) is 0 Å². The van der Waals surface area contributed by atoms with Crippen LogP contribution in [0.25, 0.3) is 10.9 Å². The van der Waals surface area contributed by atoms with E-state index in [2.05, 4.69) is 91.7 Å². The molecule has 758 valence electrons. The van der Waals surface area contributed by atoms with Gasteiger partial charge in [0.05, 0.1) is 73.8 Å². The fourth-order valence-corrected chi connectivity index (χ4v) is 14.8. The minimum Gasteiger partial charge on any atom is -0.469 e. The number of carbonyl (C=O) groups is 20. The van der Waals surface area contributed by atoms with Crippen LogP contribution in [0.2, 0.25) is 0 Å². The summed E-state index contributed by atoms with van der Waals surface area (Å²) in [5.74, 6) is -23.0. The van der Waals surface area contributed by atoms with E-state index < -0.39 is 273 Å². The van der Waals surface area contributed by atoms with E-state index in [-0.39, 0.29) is 32.2 Å². The maximum absolute atomic E-state index is 15.9. The van der Waals surface area contributed by atoms with Gasteiger partial charge in [0.15, 0.2) is 0 Å². The van der Waals surface area contributed by atoms with E-state index >= 15 is 28.8 Å². The van der Waals surface area contributed by atoms with Gasteiger partial charge in [-0.1, -0.05) is 175 Å². The smallest absolute Gasteiger partial charge is 0.407 e. The number of para-hydroxylation sites is 1. The molecule has 13 unspecified atom stereocenters. The molecule has 0 bridgehead atoms. The van der Waals surface area contributed by atoms with Crippen molar-refractivity contribution in [2.45, 2.75) is 255 Å². The predicted octanol–water partition coefficient (Wildman–Crippen LogP) is 1.52. The monoisotopic (exact) mass is 1940 g/mol. The molecule has 13 atom stereocenters. The Morgan fingerprint density at radius 1 is 0.475 bits per heavy atom. The van der Waals surface area contributed by atoms with Crippen molar-refractivity contribution in [1.29, 1.82) is 0 Å². The lowest BCUT2D eigenvalue weighted by atomic mass is 9.77. The molecule has 1 fully saturated rings. The number of esters is 5. The summed E-state index contributed by atoms with van der Waals surface area (Å²) in [5, 5.41) is 37.7. The van der Waals surface area contributed by atoms with Crippen LogP contribution in [0.3, 0.4) is 0 Å². The quantitative estimate of drug-likeness (QED) is 0.0114. The summed E-state index contributed by atoms with van der Waals surface area (Å²) in [5.41, 5.74) is 0.265. The molecule has 0 radical (unpaired) electrons. The van der Waals surface area contributed by atoms with Crippen molar-refractivity contribution < 1.29 is 129 Å². The summed E-state index contributed by atoms with van der Waals surface area (Å²) in [6.07, 6.45) is -1.13. The number of ether oxygens (including phenoxy) is 7. The molecule has 6 rings (SSSR count). The maximum Gasteiger partial charge on any atom is 0.407 e. The molecule has 5 aromatic rings. The van der Waals surface area contributed by atoms with Gasteiger partial charge in [-0.2, -0.15) is 0 Å². The molecule has 43 nitrogen and oxygen atoms in total. The van der Waals surface area contributed by atoms with Crippen LogP contribution in [0.15, 0.2) is 121 Å². The molecule has 1 aliphatic rings. The zero-order valence-electron chi connectivity index (χ0n) is 80.6. The molecular weight excluding hydrogens is 1810 g/mol. The Labute approximate surface area is 805 Å². The van der Waals surface area contributed by atoms with Crippen LogP contribution in [-0.2, 0) is 136 Å². The molecule has 2 heterocycles. The number of unbranched alkanes of at least 4 members (excludes halogenated alkanes) is 6. The summed E-state index contributed by atoms with van der Waals surface area (Å²) in [6, 6.07) is 12.7. The van der Waals surface area contributed by atoms with Crippen molar-refractivity contribution in [2.24, 2.45) is 5.92 Å². The number of amides is 15. The number of hydrogen-bond donors (Lipinski definition) is 16. The largest absolute Gasteiger partial charge is 0.469 e. The first kappa shape index (κ1) is 113.